The molecule has 1 aliphatic carbocycles. The molecule has 4 heteroatoms. The van der Waals surface area contributed by atoms with E-state index in [9.17, 15) is 8.78 Å². The molecule has 1 aliphatic rings. The minimum absolute atomic E-state index is 0.182. The fraction of sp³-hybridized carbons (Fsp3) is 0.391. The molecule has 0 amide bonds. The monoisotopic (exact) mass is 390 g/mol. The quantitative estimate of drug-likeness (QED) is 0.477. The van der Waals surface area contributed by atoms with Crippen LogP contribution in [0.1, 0.15) is 37.7 Å². The molecule has 0 aliphatic heterocycles. The van der Waals surface area contributed by atoms with Crippen LogP contribution in [0.5, 0.6) is 5.75 Å². The number of aryl methyl sites for hydroxylation is 1. The number of hydrogen-bond donors (Lipinski definition) is 0. The van der Waals surface area contributed by atoms with Gasteiger partial charge in [0.05, 0.1) is 0 Å². The van der Waals surface area contributed by atoms with E-state index < -0.39 is 6.61 Å². The first kappa shape index (κ1) is 19.9. The summed E-state index contributed by atoms with van der Waals surface area (Å²) in [6.07, 6.45) is 9.53. The summed E-state index contributed by atoms with van der Waals surface area (Å²) in [6, 6.07) is 15.3. The molecule has 2 aromatic rings. The van der Waals surface area contributed by atoms with E-state index in [1.165, 1.54) is 37.7 Å². The van der Waals surface area contributed by atoms with E-state index >= 15 is 0 Å². The summed E-state index contributed by atoms with van der Waals surface area (Å²) in [5.74, 6) is 1.66. The molecule has 27 heavy (non-hydrogen) atoms. The number of ether oxygens (including phenoxy) is 1. The van der Waals surface area contributed by atoms with Gasteiger partial charge in [0.1, 0.15) is 5.75 Å². The molecule has 0 N–H and O–H groups in total. The second-order valence-electron chi connectivity index (χ2n) is 7.24. The molecule has 0 unspecified atom stereocenters. The predicted molar refractivity (Wildman–Crippen MR) is 107 cm³/mol. The molecule has 0 radical (unpaired) electrons. The van der Waals surface area contributed by atoms with Crippen molar-refractivity contribution in [2.45, 2.75) is 45.1 Å². The van der Waals surface area contributed by atoms with E-state index in [4.69, 9.17) is 11.6 Å². The van der Waals surface area contributed by atoms with Gasteiger partial charge in [0.25, 0.3) is 0 Å². The van der Waals surface area contributed by atoms with Crippen molar-refractivity contribution in [3.8, 4) is 16.9 Å². The highest BCUT2D eigenvalue weighted by Gasteiger charge is 2.19. The lowest BCUT2D eigenvalue weighted by molar-refractivity contribution is -0.0498. The van der Waals surface area contributed by atoms with Crippen LogP contribution in [0.25, 0.3) is 11.1 Å². The van der Waals surface area contributed by atoms with Gasteiger partial charge < -0.3 is 4.74 Å². The molecule has 2 aromatic carbocycles. The third-order valence-electron chi connectivity index (χ3n) is 5.44. The molecule has 1 saturated carbocycles. The lowest BCUT2D eigenvalue weighted by Gasteiger charge is -2.26. The Balaban J connectivity index is 1.50. The van der Waals surface area contributed by atoms with E-state index in [2.05, 4.69) is 35.1 Å². The topological polar surface area (TPSA) is 9.23 Å². The van der Waals surface area contributed by atoms with Gasteiger partial charge in [-0.1, -0.05) is 54.1 Å². The average molecular weight is 391 g/mol. The van der Waals surface area contributed by atoms with Crippen LogP contribution in [-0.2, 0) is 6.42 Å². The Morgan fingerprint density at radius 1 is 0.926 bits per heavy atom. The number of alkyl halides is 2. The molecule has 1 nitrogen and oxygen atoms in total. The van der Waals surface area contributed by atoms with E-state index in [1.807, 2.05) is 0 Å². The minimum atomic E-state index is -2.79. The third kappa shape index (κ3) is 6.07. The Morgan fingerprint density at radius 3 is 2.07 bits per heavy atom. The molecule has 3 rings (SSSR count). The lowest BCUT2D eigenvalue weighted by atomic mass is 9.79. The summed E-state index contributed by atoms with van der Waals surface area (Å²) in [5, 5.41) is 0. The van der Waals surface area contributed by atoms with Gasteiger partial charge in [-0.3, -0.25) is 0 Å². The van der Waals surface area contributed by atoms with Crippen LogP contribution in [0.3, 0.4) is 0 Å². The van der Waals surface area contributed by atoms with Crippen LogP contribution < -0.4 is 4.74 Å². The van der Waals surface area contributed by atoms with E-state index in [1.54, 1.807) is 29.8 Å². The van der Waals surface area contributed by atoms with Gasteiger partial charge in [-0.05, 0) is 79.2 Å². The molecule has 1 fully saturated rings. The summed E-state index contributed by atoms with van der Waals surface area (Å²) < 4.78 is 28.8. The summed E-state index contributed by atoms with van der Waals surface area (Å²) in [4.78, 5) is 0. The van der Waals surface area contributed by atoms with Gasteiger partial charge in [-0.2, -0.15) is 8.78 Å². The van der Waals surface area contributed by atoms with Gasteiger partial charge in [0.2, 0.25) is 0 Å². The molecule has 0 saturated heterocycles. The van der Waals surface area contributed by atoms with Crippen LogP contribution >= 0.6 is 11.6 Å². The Kier molecular flexibility index (Phi) is 7.28. The van der Waals surface area contributed by atoms with Crippen molar-refractivity contribution < 1.29 is 13.5 Å². The third-order valence-corrected chi connectivity index (χ3v) is 5.59. The number of benzene rings is 2. The van der Waals surface area contributed by atoms with E-state index in [0.29, 0.717) is 5.92 Å². The van der Waals surface area contributed by atoms with Crippen molar-refractivity contribution in [3.63, 3.8) is 0 Å². The zero-order valence-corrected chi connectivity index (χ0v) is 16.0. The largest absolute Gasteiger partial charge is 0.435 e. The molecule has 0 aromatic heterocycles. The fourth-order valence-corrected chi connectivity index (χ4v) is 4.04. The number of allylic oxidation sites excluding steroid dienone is 1. The van der Waals surface area contributed by atoms with Crippen LogP contribution in [0.4, 0.5) is 8.78 Å². The van der Waals surface area contributed by atoms with Crippen LogP contribution in [0.2, 0.25) is 0 Å². The first-order valence-electron chi connectivity index (χ1n) is 9.55. The normalized spacial score (nSPS) is 20.3. The minimum Gasteiger partial charge on any atom is -0.435 e. The van der Waals surface area contributed by atoms with Crippen LogP contribution in [-0.4, -0.2) is 6.61 Å². The fourth-order valence-electron chi connectivity index (χ4n) is 3.84. The van der Waals surface area contributed by atoms with E-state index in [-0.39, 0.29) is 5.75 Å². The summed E-state index contributed by atoms with van der Waals surface area (Å²) >= 11 is 5.68. The van der Waals surface area contributed by atoms with E-state index in [0.717, 1.165) is 23.5 Å². The Hall–Kier alpha value is -1.87. The van der Waals surface area contributed by atoms with Crippen molar-refractivity contribution >= 4 is 11.6 Å². The molecule has 0 bridgehead atoms. The number of rotatable bonds is 7. The summed E-state index contributed by atoms with van der Waals surface area (Å²) in [6.45, 7) is -2.79. The van der Waals surface area contributed by atoms with Crippen molar-refractivity contribution in [1.29, 1.82) is 0 Å². The highest BCUT2D eigenvalue weighted by Crippen LogP contribution is 2.32. The summed E-state index contributed by atoms with van der Waals surface area (Å²) in [5.41, 5.74) is 5.08. The highest BCUT2D eigenvalue weighted by molar-refractivity contribution is 6.25. The first-order chi connectivity index (χ1) is 13.1. The zero-order chi connectivity index (χ0) is 19.1. The van der Waals surface area contributed by atoms with Gasteiger partial charge in [0.15, 0.2) is 0 Å². The van der Waals surface area contributed by atoms with Crippen molar-refractivity contribution in [3.05, 3.63) is 65.7 Å². The van der Waals surface area contributed by atoms with Crippen molar-refractivity contribution in [1.82, 2.24) is 0 Å². The maximum absolute atomic E-state index is 12.2. The molecule has 0 atom stereocenters. The zero-order valence-electron chi connectivity index (χ0n) is 15.3. The van der Waals surface area contributed by atoms with Crippen molar-refractivity contribution in [2.75, 3.05) is 0 Å². The Labute approximate surface area is 165 Å². The number of hydrogen-bond acceptors (Lipinski definition) is 1. The molecule has 144 valence electrons. The van der Waals surface area contributed by atoms with Gasteiger partial charge in [0, 0.05) is 5.54 Å². The maximum Gasteiger partial charge on any atom is 0.387 e. The summed E-state index contributed by atoms with van der Waals surface area (Å²) in [7, 11) is 0. The molecular weight excluding hydrogens is 366 g/mol. The first-order valence-corrected chi connectivity index (χ1v) is 9.99. The van der Waals surface area contributed by atoms with Crippen LogP contribution in [0, 0.1) is 11.8 Å². The van der Waals surface area contributed by atoms with Gasteiger partial charge >= 0.3 is 6.61 Å². The predicted octanol–water partition coefficient (Wildman–Crippen LogP) is 7.45. The second kappa shape index (κ2) is 9.89. The Bertz CT molecular complexity index is 717. The SMILES string of the molecule is FC(F)Oc1ccc(-c2ccc(CC[C@H]3CC[C@H](/C=C/Cl)CC3)cc2)cc1. The molecule has 0 spiro atoms. The van der Waals surface area contributed by atoms with Gasteiger partial charge in [-0.15, -0.1) is 0 Å². The Morgan fingerprint density at radius 2 is 1.52 bits per heavy atom. The van der Waals surface area contributed by atoms with Crippen LogP contribution in [0.15, 0.2) is 60.1 Å². The van der Waals surface area contributed by atoms with Gasteiger partial charge in [-0.25, -0.2) is 0 Å². The highest BCUT2D eigenvalue weighted by atomic mass is 35.5. The molecular formula is C23H25ClF2O. The second-order valence-corrected chi connectivity index (χ2v) is 7.49. The maximum atomic E-state index is 12.2. The number of halogens is 3. The smallest absolute Gasteiger partial charge is 0.387 e. The average Bonchev–Trinajstić information content (AvgIpc) is 2.68. The standard InChI is InChI=1S/C23H25ClF2O/c24-16-15-19-5-3-17(4-6-19)1-2-18-7-9-20(10-8-18)21-11-13-22(14-12-21)27-23(25)26/h7-17,19,23H,1-6H2/b16-15+/t17-,19-. The van der Waals surface area contributed by atoms with Crippen molar-refractivity contribution in [2.24, 2.45) is 11.8 Å². The lowest BCUT2D eigenvalue weighted by Crippen LogP contribution is -2.13. The molecule has 0 heterocycles.